The number of benzene rings is 1. The number of methoxy groups -OCH3 is 1. The third-order valence-electron chi connectivity index (χ3n) is 2.82. The first-order chi connectivity index (χ1) is 8.26. The number of ketones is 1. The zero-order chi connectivity index (χ0) is 13.9. The Kier molecular flexibility index (Phi) is 4.52. The first kappa shape index (κ1) is 14.7. The fourth-order valence-corrected chi connectivity index (χ4v) is 1.63. The summed E-state index contributed by atoms with van der Waals surface area (Å²) in [6.45, 7) is 9.81. The maximum absolute atomic E-state index is 12.1. The second kappa shape index (κ2) is 5.53. The van der Waals surface area contributed by atoms with Crippen LogP contribution in [-0.2, 0) is 4.74 Å². The molecule has 100 valence electrons. The van der Waals surface area contributed by atoms with E-state index in [-0.39, 0.29) is 18.0 Å². The van der Waals surface area contributed by atoms with Crippen molar-refractivity contribution >= 4 is 5.78 Å². The van der Waals surface area contributed by atoms with E-state index >= 15 is 0 Å². The van der Waals surface area contributed by atoms with Gasteiger partial charge in [0.1, 0.15) is 12.4 Å². The smallest absolute Gasteiger partial charge is 0.192 e. The number of rotatable bonds is 4. The normalized spacial score (nSPS) is 11.4. The molecule has 0 bridgehead atoms. The average molecular weight is 250 g/mol. The van der Waals surface area contributed by atoms with E-state index in [9.17, 15) is 4.79 Å². The maximum Gasteiger partial charge on any atom is 0.192 e. The molecule has 3 nitrogen and oxygen atoms in total. The van der Waals surface area contributed by atoms with Crippen molar-refractivity contribution in [3.05, 3.63) is 28.8 Å². The van der Waals surface area contributed by atoms with Gasteiger partial charge in [-0.15, -0.1) is 0 Å². The third kappa shape index (κ3) is 3.57. The van der Waals surface area contributed by atoms with Gasteiger partial charge in [-0.3, -0.25) is 4.79 Å². The predicted molar refractivity (Wildman–Crippen MR) is 72.5 cm³/mol. The van der Waals surface area contributed by atoms with E-state index in [2.05, 4.69) is 0 Å². The summed E-state index contributed by atoms with van der Waals surface area (Å²) in [7, 11) is 1.59. The van der Waals surface area contributed by atoms with Crippen molar-refractivity contribution in [3.63, 3.8) is 0 Å². The van der Waals surface area contributed by atoms with Gasteiger partial charge >= 0.3 is 0 Å². The van der Waals surface area contributed by atoms with E-state index in [0.29, 0.717) is 11.3 Å². The molecule has 1 aromatic carbocycles. The number of aryl methyl sites for hydroxylation is 1. The molecule has 1 aromatic rings. The van der Waals surface area contributed by atoms with Crippen molar-refractivity contribution in [2.75, 3.05) is 13.7 Å². The molecule has 0 radical (unpaired) electrons. The molecule has 0 fully saturated rings. The van der Waals surface area contributed by atoms with Crippen molar-refractivity contribution < 1.29 is 14.3 Å². The lowest BCUT2D eigenvalue weighted by atomic mass is 10.0. The monoisotopic (exact) mass is 250 g/mol. The summed E-state index contributed by atoms with van der Waals surface area (Å²) < 4.78 is 10.8. The second-order valence-corrected chi connectivity index (χ2v) is 5.41. The van der Waals surface area contributed by atoms with Gasteiger partial charge in [0.2, 0.25) is 0 Å². The van der Waals surface area contributed by atoms with Crippen LogP contribution in [0, 0.1) is 13.8 Å². The Balaban J connectivity index is 2.96. The number of hydrogen-bond acceptors (Lipinski definition) is 3. The molecule has 0 aliphatic carbocycles. The largest absolute Gasteiger partial charge is 0.496 e. The molecule has 3 heteroatoms. The topological polar surface area (TPSA) is 35.5 Å². The molecule has 0 heterocycles. The third-order valence-corrected chi connectivity index (χ3v) is 2.82. The van der Waals surface area contributed by atoms with Crippen LogP contribution in [0.5, 0.6) is 5.75 Å². The van der Waals surface area contributed by atoms with Gasteiger partial charge in [0.25, 0.3) is 0 Å². The molecule has 0 aliphatic rings. The van der Waals surface area contributed by atoms with Gasteiger partial charge in [-0.2, -0.15) is 0 Å². The van der Waals surface area contributed by atoms with E-state index in [1.165, 1.54) is 0 Å². The standard InChI is InChI=1S/C15H22O3/c1-10-7-8-12(14(17-6)11(10)2)13(16)9-18-15(3,4)5/h7-8H,9H2,1-6H3. The summed E-state index contributed by atoms with van der Waals surface area (Å²) in [6.07, 6.45) is 0. The van der Waals surface area contributed by atoms with Crippen LogP contribution in [0.25, 0.3) is 0 Å². The Morgan fingerprint density at radius 3 is 2.33 bits per heavy atom. The Morgan fingerprint density at radius 1 is 1.22 bits per heavy atom. The summed E-state index contributed by atoms with van der Waals surface area (Å²) in [4.78, 5) is 12.1. The number of hydrogen-bond donors (Lipinski definition) is 0. The summed E-state index contributed by atoms with van der Waals surface area (Å²) in [5.74, 6) is 0.599. The lowest BCUT2D eigenvalue weighted by Gasteiger charge is -2.19. The molecular weight excluding hydrogens is 228 g/mol. The molecule has 0 N–H and O–H groups in total. The summed E-state index contributed by atoms with van der Waals surface area (Å²) >= 11 is 0. The van der Waals surface area contributed by atoms with Gasteiger partial charge in [0.15, 0.2) is 5.78 Å². The first-order valence-corrected chi connectivity index (χ1v) is 6.07. The molecule has 0 atom stereocenters. The number of carbonyl (C=O) groups is 1. The van der Waals surface area contributed by atoms with Crippen LogP contribution in [0.3, 0.4) is 0 Å². The average Bonchev–Trinajstić information content (AvgIpc) is 2.28. The van der Waals surface area contributed by atoms with Gasteiger partial charge < -0.3 is 9.47 Å². The number of carbonyl (C=O) groups excluding carboxylic acids is 1. The summed E-state index contributed by atoms with van der Waals surface area (Å²) in [6, 6.07) is 3.73. The predicted octanol–water partition coefficient (Wildman–Crippen LogP) is 3.31. The lowest BCUT2D eigenvalue weighted by molar-refractivity contribution is 0.00296. The van der Waals surface area contributed by atoms with E-state index in [4.69, 9.17) is 9.47 Å². The minimum atomic E-state index is -0.317. The van der Waals surface area contributed by atoms with Crippen LogP contribution < -0.4 is 4.74 Å². The van der Waals surface area contributed by atoms with Gasteiger partial charge in [-0.1, -0.05) is 6.07 Å². The molecule has 0 amide bonds. The molecular formula is C15H22O3. The van der Waals surface area contributed by atoms with Crippen LogP contribution in [0.2, 0.25) is 0 Å². The van der Waals surface area contributed by atoms with Gasteiger partial charge in [0.05, 0.1) is 18.3 Å². The van der Waals surface area contributed by atoms with Crippen molar-refractivity contribution in [3.8, 4) is 5.75 Å². The molecule has 0 spiro atoms. The van der Waals surface area contributed by atoms with Crippen LogP contribution in [0.4, 0.5) is 0 Å². The molecule has 0 unspecified atom stereocenters. The zero-order valence-electron chi connectivity index (χ0n) is 12.1. The van der Waals surface area contributed by atoms with E-state index in [1.807, 2.05) is 40.7 Å². The van der Waals surface area contributed by atoms with Crippen molar-refractivity contribution in [2.24, 2.45) is 0 Å². The van der Waals surface area contributed by atoms with Gasteiger partial charge in [-0.05, 0) is 51.8 Å². The fourth-order valence-electron chi connectivity index (χ4n) is 1.63. The highest BCUT2D eigenvalue weighted by molar-refractivity contribution is 6.00. The SMILES string of the molecule is COc1c(C(=O)COC(C)(C)C)ccc(C)c1C. The summed E-state index contributed by atoms with van der Waals surface area (Å²) in [5.41, 5.74) is 2.38. The second-order valence-electron chi connectivity index (χ2n) is 5.41. The highest BCUT2D eigenvalue weighted by Gasteiger charge is 2.18. The lowest BCUT2D eigenvalue weighted by Crippen LogP contribution is -2.24. The Labute approximate surface area is 109 Å². The molecule has 0 saturated heterocycles. The van der Waals surface area contributed by atoms with Crippen LogP contribution in [0.1, 0.15) is 42.3 Å². The minimum Gasteiger partial charge on any atom is -0.496 e. The zero-order valence-corrected chi connectivity index (χ0v) is 12.1. The molecule has 0 aliphatic heterocycles. The van der Waals surface area contributed by atoms with Crippen LogP contribution in [-0.4, -0.2) is 25.1 Å². The molecule has 0 saturated carbocycles. The minimum absolute atomic E-state index is 0.0510. The van der Waals surface area contributed by atoms with E-state index in [0.717, 1.165) is 11.1 Å². The Bertz CT molecular complexity index is 442. The molecule has 18 heavy (non-hydrogen) atoms. The van der Waals surface area contributed by atoms with E-state index < -0.39 is 0 Å². The first-order valence-electron chi connectivity index (χ1n) is 6.07. The fraction of sp³-hybridized carbons (Fsp3) is 0.533. The van der Waals surface area contributed by atoms with Crippen molar-refractivity contribution in [1.29, 1.82) is 0 Å². The maximum atomic E-state index is 12.1. The number of ether oxygens (including phenoxy) is 2. The van der Waals surface area contributed by atoms with Crippen LogP contribution >= 0.6 is 0 Å². The molecule has 0 aromatic heterocycles. The Morgan fingerprint density at radius 2 is 1.83 bits per heavy atom. The van der Waals surface area contributed by atoms with Crippen molar-refractivity contribution in [1.82, 2.24) is 0 Å². The number of Topliss-reactive ketones (excluding diaryl/α,β-unsaturated/α-hetero) is 1. The highest BCUT2D eigenvalue weighted by Crippen LogP contribution is 2.26. The highest BCUT2D eigenvalue weighted by atomic mass is 16.5. The van der Waals surface area contributed by atoms with Crippen molar-refractivity contribution in [2.45, 2.75) is 40.2 Å². The van der Waals surface area contributed by atoms with Gasteiger partial charge in [0, 0.05) is 0 Å². The quantitative estimate of drug-likeness (QED) is 0.769. The van der Waals surface area contributed by atoms with Gasteiger partial charge in [-0.25, -0.2) is 0 Å². The summed E-state index contributed by atoms with van der Waals surface area (Å²) in [5, 5.41) is 0. The van der Waals surface area contributed by atoms with E-state index in [1.54, 1.807) is 13.2 Å². The molecule has 1 rings (SSSR count). The van der Waals surface area contributed by atoms with Crippen LogP contribution in [0.15, 0.2) is 12.1 Å². The Hall–Kier alpha value is -1.35.